The first-order chi connectivity index (χ1) is 12.5. The summed E-state index contributed by atoms with van der Waals surface area (Å²) in [5.41, 5.74) is 0.850. The summed E-state index contributed by atoms with van der Waals surface area (Å²) in [6, 6.07) is 12.6. The third-order valence-corrected chi connectivity index (χ3v) is 5.00. The molecule has 0 bridgehead atoms. The van der Waals surface area contributed by atoms with E-state index < -0.39 is 12.0 Å². The van der Waals surface area contributed by atoms with Crippen molar-refractivity contribution in [1.82, 2.24) is 10.2 Å². The minimum absolute atomic E-state index is 0.0210. The fourth-order valence-electron chi connectivity index (χ4n) is 3.26. The van der Waals surface area contributed by atoms with Gasteiger partial charge in [-0.05, 0) is 52.9 Å². The summed E-state index contributed by atoms with van der Waals surface area (Å²) in [6.07, 6.45) is 1.64. The predicted molar refractivity (Wildman–Crippen MR) is 99.5 cm³/mol. The third kappa shape index (κ3) is 4.53. The number of halogens is 1. The van der Waals surface area contributed by atoms with Crippen LogP contribution in [0.1, 0.15) is 41.5 Å². The Morgan fingerprint density at radius 1 is 1.27 bits per heavy atom. The lowest BCUT2D eigenvalue weighted by atomic mass is 10.0. The fourth-order valence-corrected chi connectivity index (χ4v) is 3.57. The van der Waals surface area contributed by atoms with Crippen molar-refractivity contribution in [3.05, 3.63) is 58.5 Å². The van der Waals surface area contributed by atoms with Crippen LogP contribution in [0.25, 0.3) is 0 Å². The molecule has 6 nitrogen and oxygen atoms in total. The highest BCUT2D eigenvalue weighted by Crippen LogP contribution is 2.27. The van der Waals surface area contributed by atoms with Crippen molar-refractivity contribution in [2.24, 2.45) is 0 Å². The Morgan fingerprint density at radius 3 is 2.73 bits per heavy atom. The molecule has 0 aliphatic carbocycles. The summed E-state index contributed by atoms with van der Waals surface area (Å²) < 4.78 is 5.63. The molecule has 1 aliphatic rings. The highest BCUT2D eigenvalue weighted by Gasteiger charge is 2.30. The molecule has 2 atom stereocenters. The van der Waals surface area contributed by atoms with E-state index in [1.807, 2.05) is 30.3 Å². The van der Waals surface area contributed by atoms with Crippen molar-refractivity contribution in [3.63, 3.8) is 0 Å². The number of carbonyl (C=O) groups is 2. The molecule has 1 aliphatic heterocycles. The van der Waals surface area contributed by atoms with Gasteiger partial charge in [-0.2, -0.15) is 0 Å². The van der Waals surface area contributed by atoms with Crippen LogP contribution in [0.5, 0.6) is 0 Å². The van der Waals surface area contributed by atoms with Crippen molar-refractivity contribution >= 4 is 27.7 Å². The molecular formula is C19H21BrN2O4. The Hall–Kier alpha value is -2.12. The number of nitrogens with zero attached hydrogens (tertiary/aromatic N) is 1. The van der Waals surface area contributed by atoms with Gasteiger partial charge in [-0.1, -0.05) is 30.3 Å². The second-order valence-corrected chi connectivity index (χ2v) is 7.11. The van der Waals surface area contributed by atoms with Gasteiger partial charge < -0.3 is 19.7 Å². The van der Waals surface area contributed by atoms with E-state index in [0.717, 1.165) is 18.4 Å². The number of aliphatic hydroxyl groups is 1. The summed E-state index contributed by atoms with van der Waals surface area (Å²) in [5, 5.41) is 13.0. The monoisotopic (exact) mass is 420 g/mol. The molecule has 3 rings (SSSR count). The molecule has 0 radical (unpaired) electrons. The average molecular weight is 421 g/mol. The Kier molecular flexibility index (Phi) is 6.11. The van der Waals surface area contributed by atoms with Gasteiger partial charge in [0.25, 0.3) is 5.91 Å². The van der Waals surface area contributed by atoms with Crippen LogP contribution in [-0.4, -0.2) is 41.0 Å². The van der Waals surface area contributed by atoms with Crippen molar-refractivity contribution in [1.29, 1.82) is 0 Å². The van der Waals surface area contributed by atoms with E-state index in [1.165, 1.54) is 0 Å². The minimum Gasteiger partial charge on any atom is -0.444 e. The molecule has 2 aromatic rings. The summed E-state index contributed by atoms with van der Waals surface area (Å²) in [4.78, 5) is 26.2. The summed E-state index contributed by atoms with van der Waals surface area (Å²) >= 11 is 3.14. The Balaban J connectivity index is 1.54. The zero-order valence-corrected chi connectivity index (χ0v) is 15.8. The number of likely N-dealkylation sites (tertiary alicyclic amines) is 1. The van der Waals surface area contributed by atoms with Crippen LogP contribution in [0.15, 0.2) is 51.6 Å². The highest BCUT2D eigenvalue weighted by molar-refractivity contribution is 9.10. The first-order valence-electron chi connectivity index (χ1n) is 8.60. The Morgan fingerprint density at radius 2 is 2.04 bits per heavy atom. The maximum absolute atomic E-state index is 12.5. The Bertz CT molecular complexity index is 762. The van der Waals surface area contributed by atoms with Gasteiger partial charge in [-0.15, -0.1) is 0 Å². The molecule has 1 fully saturated rings. The lowest BCUT2D eigenvalue weighted by molar-refractivity contribution is -0.131. The number of furan rings is 1. The van der Waals surface area contributed by atoms with E-state index in [4.69, 9.17) is 4.42 Å². The molecule has 1 aromatic carbocycles. The number of nitrogens with one attached hydrogen (secondary N) is 1. The minimum atomic E-state index is -0.607. The zero-order chi connectivity index (χ0) is 18.5. The number of aliphatic hydroxyl groups excluding tert-OH is 1. The van der Waals surface area contributed by atoms with Crippen molar-refractivity contribution in [2.45, 2.75) is 31.4 Å². The van der Waals surface area contributed by atoms with Crippen molar-refractivity contribution in [3.8, 4) is 0 Å². The molecule has 26 heavy (non-hydrogen) atoms. The lowest BCUT2D eigenvalue weighted by Gasteiger charge is -2.27. The van der Waals surface area contributed by atoms with E-state index in [2.05, 4.69) is 21.2 Å². The van der Waals surface area contributed by atoms with Crippen LogP contribution < -0.4 is 5.32 Å². The van der Waals surface area contributed by atoms with Crippen LogP contribution in [0.2, 0.25) is 0 Å². The SMILES string of the molecule is O=C(NCC(=O)N1CCC[C@H]1C[C@@H](O)c1ccccc1)c1ccc(Br)o1. The number of rotatable bonds is 6. The second kappa shape index (κ2) is 8.51. The first-order valence-corrected chi connectivity index (χ1v) is 9.40. The summed E-state index contributed by atoms with van der Waals surface area (Å²) in [5.74, 6) is -0.419. The van der Waals surface area contributed by atoms with E-state index in [-0.39, 0.29) is 24.3 Å². The van der Waals surface area contributed by atoms with Crippen LogP contribution >= 0.6 is 15.9 Å². The van der Waals surface area contributed by atoms with E-state index >= 15 is 0 Å². The number of hydrogen-bond acceptors (Lipinski definition) is 4. The number of benzene rings is 1. The van der Waals surface area contributed by atoms with Crippen LogP contribution in [0.3, 0.4) is 0 Å². The molecule has 0 unspecified atom stereocenters. The maximum atomic E-state index is 12.5. The zero-order valence-electron chi connectivity index (χ0n) is 14.2. The van der Waals surface area contributed by atoms with Crippen molar-refractivity contribution in [2.75, 3.05) is 13.1 Å². The van der Waals surface area contributed by atoms with Gasteiger partial charge in [0.2, 0.25) is 5.91 Å². The van der Waals surface area contributed by atoms with Gasteiger partial charge in [-0.25, -0.2) is 0 Å². The van der Waals surface area contributed by atoms with Gasteiger partial charge in [0.1, 0.15) is 0 Å². The summed E-state index contributed by atoms with van der Waals surface area (Å²) in [7, 11) is 0. The average Bonchev–Trinajstić information content (AvgIpc) is 3.29. The van der Waals surface area contributed by atoms with Crippen LogP contribution in [-0.2, 0) is 4.79 Å². The maximum Gasteiger partial charge on any atom is 0.287 e. The third-order valence-electron chi connectivity index (χ3n) is 4.57. The molecular weight excluding hydrogens is 400 g/mol. The molecule has 1 aromatic heterocycles. The predicted octanol–water partition coefficient (Wildman–Crippen LogP) is 2.89. The van der Waals surface area contributed by atoms with Gasteiger partial charge >= 0.3 is 0 Å². The topological polar surface area (TPSA) is 82.8 Å². The first kappa shape index (κ1) is 18.7. The Labute approximate surface area is 160 Å². The van der Waals surface area contributed by atoms with E-state index in [9.17, 15) is 14.7 Å². The number of carbonyl (C=O) groups excluding carboxylic acids is 2. The molecule has 1 saturated heterocycles. The van der Waals surface area contributed by atoms with Gasteiger partial charge in [-0.3, -0.25) is 9.59 Å². The quantitative estimate of drug-likeness (QED) is 0.752. The normalized spacial score (nSPS) is 17.9. The number of amides is 2. The smallest absolute Gasteiger partial charge is 0.287 e. The largest absolute Gasteiger partial charge is 0.444 e. The lowest BCUT2D eigenvalue weighted by Crippen LogP contribution is -2.43. The van der Waals surface area contributed by atoms with Gasteiger partial charge in [0.05, 0.1) is 12.6 Å². The van der Waals surface area contributed by atoms with Crippen molar-refractivity contribution < 1.29 is 19.1 Å². The number of hydrogen-bond donors (Lipinski definition) is 2. The fraction of sp³-hybridized carbons (Fsp3) is 0.368. The summed E-state index contributed by atoms with van der Waals surface area (Å²) in [6.45, 7) is 0.558. The standard InChI is InChI=1S/C19H21BrN2O4/c20-17-9-8-16(26-17)19(25)21-12-18(24)22-10-4-7-14(22)11-15(23)13-5-2-1-3-6-13/h1-3,5-6,8-9,14-15,23H,4,7,10-12H2,(H,21,25)/t14-,15+/m0/s1. The second-order valence-electron chi connectivity index (χ2n) is 6.33. The van der Waals surface area contributed by atoms with Crippen LogP contribution in [0, 0.1) is 0 Å². The van der Waals surface area contributed by atoms with E-state index in [0.29, 0.717) is 17.6 Å². The molecule has 2 N–H and O–H groups in total. The molecule has 2 amide bonds. The molecule has 138 valence electrons. The van der Waals surface area contributed by atoms with Crippen LogP contribution in [0.4, 0.5) is 0 Å². The molecule has 2 heterocycles. The van der Waals surface area contributed by atoms with Gasteiger partial charge in [0.15, 0.2) is 10.4 Å². The molecule has 0 spiro atoms. The molecule has 0 saturated carbocycles. The van der Waals surface area contributed by atoms with Gasteiger partial charge in [0, 0.05) is 12.6 Å². The highest BCUT2D eigenvalue weighted by atomic mass is 79.9. The molecule has 7 heteroatoms. The van der Waals surface area contributed by atoms with E-state index in [1.54, 1.807) is 17.0 Å².